The SMILES string of the molecule is CNCC(=O)N1CCc2ccccc2CC1. The molecule has 3 heteroatoms. The van der Waals surface area contributed by atoms with Gasteiger partial charge in [-0.25, -0.2) is 0 Å². The van der Waals surface area contributed by atoms with Crippen molar-refractivity contribution in [2.75, 3.05) is 26.7 Å². The molecular formula is C13H18N2O. The van der Waals surface area contributed by atoms with Crippen LogP contribution in [0.5, 0.6) is 0 Å². The summed E-state index contributed by atoms with van der Waals surface area (Å²) in [5.74, 6) is 0.204. The molecule has 0 aliphatic carbocycles. The van der Waals surface area contributed by atoms with Crippen molar-refractivity contribution in [3.63, 3.8) is 0 Å². The lowest BCUT2D eigenvalue weighted by Gasteiger charge is -2.19. The number of carbonyl (C=O) groups is 1. The van der Waals surface area contributed by atoms with Crippen LogP contribution in [0.2, 0.25) is 0 Å². The molecule has 2 rings (SSSR count). The third-order valence-corrected chi connectivity index (χ3v) is 3.10. The van der Waals surface area contributed by atoms with Gasteiger partial charge in [0, 0.05) is 13.1 Å². The number of likely N-dealkylation sites (N-methyl/N-ethyl adjacent to an activating group) is 1. The van der Waals surface area contributed by atoms with Crippen molar-refractivity contribution in [2.24, 2.45) is 0 Å². The van der Waals surface area contributed by atoms with Gasteiger partial charge in [-0.15, -0.1) is 0 Å². The van der Waals surface area contributed by atoms with Crippen LogP contribution in [0.1, 0.15) is 11.1 Å². The molecule has 1 aliphatic heterocycles. The van der Waals surface area contributed by atoms with Gasteiger partial charge in [-0.2, -0.15) is 0 Å². The van der Waals surface area contributed by atoms with Gasteiger partial charge in [-0.3, -0.25) is 4.79 Å². The highest BCUT2D eigenvalue weighted by atomic mass is 16.2. The minimum atomic E-state index is 0.204. The first-order chi connectivity index (χ1) is 7.81. The summed E-state index contributed by atoms with van der Waals surface area (Å²) in [5, 5.41) is 2.92. The topological polar surface area (TPSA) is 32.3 Å². The minimum absolute atomic E-state index is 0.204. The number of hydrogen-bond acceptors (Lipinski definition) is 2. The zero-order chi connectivity index (χ0) is 11.4. The molecule has 0 aromatic heterocycles. The molecule has 1 aromatic rings. The molecule has 0 atom stereocenters. The molecule has 86 valence electrons. The van der Waals surface area contributed by atoms with Crippen LogP contribution in [0.3, 0.4) is 0 Å². The van der Waals surface area contributed by atoms with E-state index in [1.807, 2.05) is 11.9 Å². The Labute approximate surface area is 96.5 Å². The second-order valence-electron chi connectivity index (χ2n) is 4.18. The Hall–Kier alpha value is -1.35. The number of rotatable bonds is 2. The largest absolute Gasteiger partial charge is 0.341 e. The van der Waals surface area contributed by atoms with Crippen molar-refractivity contribution in [3.8, 4) is 0 Å². The van der Waals surface area contributed by atoms with E-state index in [1.165, 1.54) is 11.1 Å². The molecule has 16 heavy (non-hydrogen) atoms. The zero-order valence-corrected chi connectivity index (χ0v) is 9.70. The van der Waals surface area contributed by atoms with Crippen LogP contribution in [0, 0.1) is 0 Å². The third-order valence-electron chi connectivity index (χ3n) is 3.10. The predicted octanol–water partition coefficient (Wildman–Crippen LogP) is 0.833. The van der Waals surface area contributed by atoms with Crippen LogP contribution < -0.4 is 5.32 Å². The fourth-order valence-corrected chi connectivity index (χ4v) is 2.18. The molecule has 1 aromatic carbocycles. The van der Waals surface area contributed by atoms with Crippen LogP contribution in [0.25, 0.3) is 0 Å². The first-order valence-corrected chi connectivity index (χ1v) is 5.80. The maximum atomic E-state index is 11.8. The third kappa shape index (κ3) is 2.42. The first-order valence-electron chi connectivity index (χ1n) is 5.80. The van der Waals surface area contributed by atoms with E-state index in [2.05, 4.69) is 29.6 Å². The van der Waals surface area contributed by atoms with E-state index in [0.29, 0.717) is 6.54 Å². The van der Waals surface area contributed by atoms with Gasteiger partial charge in [-0.05, 0) is 31.0 Å². The molecule has 1 amide bonds. The smallest absolute Gasteiger partial charge is 0.236 e. The van der Waals surface area contributed by atoms with E-state index in [4.69, 9.17) is 0 Å². The quantitative estimate of drug-likeness (QED) is 0.797. The van der Waals surface area contributed by atoms with Gasteiger partial charge in [0.25, 0.3) is 0 Å². The minimum Gasteiger partial charge on any atom is -0.341 e. The lowest BCUT2D eigenvalue weighted by molar-refractivity contribution is -0.130. The lowest BCUT2D eigenvalue weighted by atomic mass is 10.0. The van der Waals surface area contributed by atoms with Crippen molar-refractivity contribution in [2.45, 2.75) is 12.8 Å². The number of nitrogens with one attached hydrogen (secondary N) is 1. The average molecular weight is 218 g/mol. The van der Waals surface area contributed by atoms with Gasteiger partial charge >= 0.3 is 0 Å². The van der Waals surface area contributed by atoms with E-state index in [9.17, 15) is 4.79 Å². The Balaban J connectivity index is 2.04. The number of carbonyl (C=O) groups excluding carboxylic acids is 1. The lowest BCUT2D eigenvalue weighted by Crippen LogP contribution is -2.38. The Morgan fingerprint density at radius 3 is 2.31 bits per heavy atom. The maximum Gasteiger partial charge on any atom is 0.236 e. The van der Waals surface area contributed by atoms with Crippen LogP contribution in [0.15, 0.2) is 24.3 Å². The van der Waals surface area contributed by atoms with Gasteiger partial charge in [-0.1, -0.05) is 24.3 Å². The van der Waals surface area contributed by atoms with Crippen molar-refractivity contribution in [3.05, 3.63) is 35.4 Å². The summed E-state index contributed by atoms with van der Waals surface area (Å²) in [7, 11) is 1.81. The maximum absolute atomic E-state index is 11.8. The summed E-state index contributed by atoms with van der Waals surface area (Å²) >= 11 is 0. The van der Waals surface area contributed by atoms with E-state index in [0.717, 1.165) is 25.9 Å². The molecule has 0 spiro atoms. The van der Waals surface area contributed by atoms with Crippen molar-refractivity contribution >= 4 is 5.91 Å². The summed E-state index contributed by atoms with van der Waals surface area (Å²) in [6.07, 6.45) is 1.96. The van der Waals surface area contributed by atoms with Crippen LogP contribution in [-0.2, 0) is 17.6 Å². The highest BCUT2D eigenvalue weighted by Gasteiger charge is 2.17. The summed E-state index contributed by atoms with van der Waals surface area (Å²) in [6.45, 7) is 2.13. The predicted molar refractivity (Wildman–Crippen MR) is 64.4 cm³/mol. The normalized spacial score (nSPS) is 15.4. The number of fused-ring (bicyclic) bond motifs is 1. The first kappa shape index (κ1) is 11.1. The monoisotopic (exact) mass is 218 g/mol. The standard InChI is InChI=1S/C13H18N2O/c1-14-10-13(16)15-8-6-11-4-2-3-5-12(11)7-9-15/h2-5,14H,6-10H2,1H3. The van der Waals surface area contributed by atoms with Crippen molar-refractivity contribution in [1.29, 1.82) is 0 Å². The second kappa shape index (κ2) is 5.12. The molecular weight excluding hydrogens is 200 g/mol. The summed E-state index contributed by atoms with van der Waals surface area (Å²) in [5.41, 5.74) is 2.78. The summed E-state index contributed by atoms with van der Waals surface area (Å²) < 4.78 is 0. The Morgan fingerprint density at radius 2 is 1.81 bits per heavy atom. The number of nitrogens with zero attached hydrogens (tertiary/aromatic N) is 1. The molecule has 0 unspecified atom stereocenters. The molecule has 1 N–H and O–H groups in total. The fourth-order valence-electron chi connectivity index (χ4n) is 2.18. The Morgan fingerprint density at radius 1 is 1.25 bits per heavy atom. The van der Waals surface area contributed by atoms with E-state index in [-0.39, 0.29) is 5.91 Å². The molecule has 3 nitrogen and oxygen atoms in total. The van der Waals surface area contributed by atoms with Crippen LogP contribution >= 0.6 is 0 Å². The highest BCUT2D eigenvalue weighted by molar-refractivity contribution is 5.78. The number of benzene rings is 1. The summed E-state index contributed by atoms with van der Waals surface area (Å²) in [6, 6.07) is 8.48. The van der Waals surface area contributed by atoms with Crippen LogP contribution in [-0.4, -0.2) is 37.5 Å². The number of hydrogen-bond donors (Lipinski definition) is 1. The van der Waals surface area contributed by atoms with Gasteiger partial charge in [0.05, 0.1) is 6.54 Å². The average Bonchev–Trinajstić information content (AvgIpc) is 2.51. The fraction of sp³-hybridized carbons (Fsp3) is 0.462. The molecule has 0 saturated heterocycles. The zero-order valence-electron chi connectivity index (χ0n) is 9.70. The molecule has 0 fully saturated rings. The molecule has 1 aliphatic rings. The van der Waals surface area contributed by atoms with E-state index in [1.54, 1.807) is 0 Å². The van der Waals surface area contributed by atoms with Gasteiger partial charge < -0.3 is 10.2 Å². The van der Waals surface area contributed by atoms with E-state index >= 15 is 0 Å². The molecule has 0 bridgehead atoms. The van der Waals surface area contributed by atoms with Crippen molar-refractivity contribution < 1.29 is 4.79 Å². The Kier molecular flexibility index (Phi) is 3.57. The molecule has 1 heterocycles. The van der Waals surface area contributed by atoms with Gasteiger partial charge in [0.15, 0.2) is 0 Å². The van der Waals surface area contributed by atoms with Gasteiger partial charge in [0.2, 0.25) is 5.91 Å². The highest BCUT2D eigenvalue weighted by Crippen LogP contribution is 2.15. The van der Waals surface area contributed by atoms with E-state index < -0.39 is 0 Å². The van der Waals surface area contributed by atoms with Crippen LogP contribution in [0.4, 0.5) is 0 Å². The van der Waals surface area contributed by atoms with Crippen molar-refractivity contribution in [1.82, 2.24) is 10.2 Å². The molecule has 0 saturated carbocycles. The summed E-state index contributed by atoms with van der Waals surface area (Å²) in [4.78, 5) is 13.7. The second-order valence-corrected chi connectivity index (χ2v) is 4.18. The van der Waals surface area contributed by atoms with Gasteiger partial charge in [0.1, 0.15) is 0 Å². The number of amides is 1. The Bertz CT molecular complexity index is 349. The molecule has 0 radical (unpaired) electrons.